The Morgan fingerprint density at radius 1 is 0.931 bits per heavy atom. The standard InChI is InChI=1S/C18H11F7N2O2/c19-11-5-10-14(13(21)12(11)20)26-15(29)18(10,8-1-3-9(28)4-2-8)27-6-16(22,23)17(24,25)7-27/h1-5,28H,6-7H2,(H,26,29). The van der Waals surface area contributed by atoms with Crippen LogP contribution in [-0.2, 0) is 10.3 Å². The minimum atomic E-state index is -4.53. The van der Waals surface area contributed by atoms with Gasteiger partial charge in [0.2, 0.25) is 0 Å². The van der Waals surface area contributed by atoms with E-state index in [1.807, 2.05) is 5.32 Å². The van der Waals surface area contributed by atoms with Gasteiger partial charge in [0.05, 0.1) is 18.8 Å². The van der Waals surface area contributed by atoms with Crippen LogP contribution in [0.4, 0.5) is 36.4 Å². The Hall–Kier alpha value is -2.82. The van der Waals surface area contributed by atoms with Crippen LogP contribution in [0.1, 0.15) is 11.1 Å². The van der Waals surface area contributed by atoms with Gasteiger partial charge >= 0.3 is 11.8 Å². The van der Waals surface area contributed by atoms with Crippen LogP contribution in [-0.4, -0.2) is 40.8 Å². The summed E-state index contributed by atoms with van der Waals surface area (Å²) in [6, 6.07) is 4.64. The number of phenols is 1. The van der Waals surface area contributed by atoms with Crippen molar-refractivity contribution in [3.63, 3.8) is 0 Å². The average molecular weight is 420 g/mol. The number of carbonyl (C=O) groups excluding carboxylic acids is 1. The number of fused-ring (bicyclic) bond motifs is 1. The highest BCUT2D eigenvalue weighted by molar-refractivity contribution is 6.08. The summed E-state index contributed by atoms with van der Waals surface area (Å²) in [6.07, 6.45) is 0. The number of alkyl halides is 4. The first-order valence-corrected chi connectivity index (χ1v) is 8.21. The van der Waals surface area contributed by atoms with Crippen molar-refractivity contribution in [2.24, 2.45) is 0 Å². The molecule has 2 aliphatic rings. The van der Waals surface area contributed by atoms with Gasteiger partial charge in [0.1, 0.15) is 5.75 Å². The van der Waals surface area contributed by atoms with Crippen molar-refractivity contribution in [1.29, 1.82) is 0 Å². The molecule has 1 saturated heterocycles. The first-order valence-electron chi connectivity index (χ1n) is 8.21. The average Bonchev–Trinajstić information content (AvgIpc) is 3.04. The maximum absolute atomic E-state index is 14.3. The summed E-state index contributed by atoms with van der Waals surface area (Å²) in [5, 5.41) is 11.4. The number of benzene rings is 2. The number of nitrogens with zero attached hydrogens (tertiary/aromatic N) is 1. The molecule has 0 spiro atoms. The topological polar surface area (TPSA) is 52.6 Å². The number of rotatable bonds is 2. The molecule has 0 bridgehead atoms. The van der Waals surface area contributed by atoms with Crippen LogP contribution in [0.5, 0.6) is 5.75 Å². The van der Waals surface area contributed by atoms with E-state index in [4.69, 9.17) is 0 Å². The van der Waals surface area contributed by atoms with E-state index in [1.165, 1.54) is 0 Å². The van der Waals surface area contributed by atoms with E-state index in [9.17, 15) is 40.6 Å². The summed E-state index contributed by atoms with van der Waals surface area (Å²) in [4.78, 5) is 13.3. The second kappa shape index (κ2) is 5.85. The normalized spacial score (nSPS) is 25.1. The van der Waals surface area contributed by atoms with Gasteiger partial charge < -0.3 is 10.4 Å². The largest absolute Gasteiger partial charge is 0.508 e. The van der Waals surface area contributed by atoms with Gasteiger partial charge in [-0.2, -0.15) is 17.6 Å². The van der Waals surface area contributed by atoms with E-state index < -0.39 is 65.1 Å². The SMILES string of the molecule is O=C1Nc2c(cc(F)c(F)c2F)C1(c1ccc(O)cc1)N1CC(F)(F)C(F)(F)C1. The Labute approximate surface area is 158 Å². The molecule has 1 unspecified atom stereocenters. The lowest BCUT2D eigenvalue weighted by Crippen LogP contribution is -2.51. The summed E-state index contributed by atoms with van der Waals surface area (Å²) >= 11 is 0. The van der Waals surface area contributed by atoms with Crippen molar-refractivity contribution in [3.05, 3.63) is 58.9 Å². The first-order chi connectivity index (χ1) is 13.4. The Balaban J connectivity index is 2.03. The van der Waals surface area contributed by atoms with Crippen LogP contribution in [0.15, 0.2) is 30.3 Å². The third kappa shape index (κ3) is 2.46. The fraction of sp³-hybridized carbons (Fsp3) is 0.278. The van der Waals surface area contributed by atoms with Gasteiger partial charge in [-0.05, 0) is 23.8 Å². The molecule has 0 aliphatic carbocycles. The Morgan fingerprint density at radius 3 is 2.03 bits per heavy atom. The number of aromatic hydroxyl groups is 1. The van der Waals surface area contributed by atoms with Crippen molar-refractivity contribution in [2.45, 2.75) is 17.4 Å². The molecule has 0 saturated carbocycles. The lowest BCUT2D eigenvalue weighted by Gasteiger charge is -2.37. The molecule has 2 N–H and O–H groups in total. The highest BCUT2D eigenvalue weighted by Crippen LogP contribution is 2.53. The molecule has 0 aromatic heterocycles. The molecular weight excluding hydrogens is 409 g/mol. The van der Waals surface area contributed by atoms with Gasteiger partial charge in [0.15, 0.2) is 23.0 Å². The molecule has 1 amide bonds. The van der Waals surface area contributed by atoms with E-state index in [0.29, 0.717) is 11.0 Å². The molecule has 2 aliphatic heterocycles. The van der Waals surface area contributed by atoms with Gasteiger partial charge in [-0.1, -0.05) is 12.1 Å². The van der Waals surface area contributed by atoms with Crippen molar-refractivity contribution < 1.29 is 40.6 Å². The van der Waals surface area contributed by atoms with Gasteiger partial charge in [-0.25, -0.2) is 13.2 Å². The smallest absolute Gasteiger partial charge is 0.323 e. The van der Waals surface area contributed by atoms with Crippen LogP contribution in [0, 0.1) is 17.5 Å². The molecular formula is C18H11F7N2O2. The van der Waals surface area contributed by atoms with Crippen molar-refractivity contribution in [1.82, 2.24) is 4.90 Å². The molecule has 4 nitrogen and oxygen atoms in total. The lowest BCUT2D eigenvalue weighted by atomic mass is 9.82. The summed E-state index contributed by atoms with van der Waals surface area (Å²) < 4.78 is 97.6. The second-order valence-electron chi connectivity index (χ2n) is 6.89. The van der Waals surface area contributed by atoms with E-state index in [2.05, 4.69) is 0 Å². The van der Waals surface area contributed by atoms with Gasteiger partial charge in [-0.15, -0.1) is 0 Å². The number of amides is 1. The molecule has 11 heteroatoms. The van der Waals surface area contributed by atoms with Gasteiger partial charge in [0.25, 0.3) is 5.91 Å². The van der Waals surface area contributed by atoms with Crippen LogP contribution in [0.25, 0.3) is 0 Å². The van der Waals surface area contributed by atoms with E-state index in [-0.39, 0.29) is 11.3 Å². The number of halogens is 7. The Morgan fingerprint density at radius 2 is 1.48 bits per heavy atom. The number of likely N-dealkylation sites (tertiary alicyclic amines) is 1. The summed E-state index contributed by atoms with van der Waals surface area (Å²) in [5.74, 6) is -16.0. The number of phenolic OH excluding ortho intramolecular Hbond substituents is 1. The number of anilines is 1. The van der Waals surface area contributed by atoms with E-state index in [0.717, 1.165) is 24.3 Å². The molecule has 1 atom stereocenters. The molecule has 4 rings (SSSR count). The van der Waals surface area contributed by atoms with Crippen molar-refractivity contribution in [2.75, 3.05) is 18.4 Å². The monoisotopic (exact) mass is 420 g/mol. The van der Waals surface area contributed by atoms with Crippen LogP contribution in [0.3, 0.4) is 0 Å². The quantitative estimate of drug-likeness (QED) is 0.577. The number of carbonyl (C=O) groups is 1. The minimum Gasteiger partial charge on any atom is -0.508 e. The van der Waals surface area contributed by atoms with Crippen LogP contribution in [0.2, 0.25) is 0 Å². The third-order valence-electron chi connectivity index (χ3n) is 5.19. The third-order valence-corrected chi connectivity index (χ3v) is 5.19. The highest BCUT2D eigenvalue weighted by atomic mass is 19.3. The highest BCUT2D eigenvalue weighted by Gasteiger charge is 2.69. The molecule has 154 valence electrons. The predicted molar refractivity (Wildman–Crippen MR) is 85.3 cm³/mol. The van der Waals surface area contributed by atoms with Crippen LogP contribution >= 0.6 is 0 Å². The number of hydrogen-bond acceptors (Lipinski definition) is 3. The van der Waals surface area contributed by atoms with E-state index >= 15 is 0 Å². The molecule has 1 fully saturated rings. The van der Waals surface area contributed by atoms with E-state index in [1.54, 1.807) is 0 Å². The molecule has 0 radical (unpaired) electrons. The molecule has 2 aromatic rings. The van der Waals surface area contributed by atoms with Gasteiger partial charge in [-0.3, -0.25) is 9.69 Å². The molecule has 2 heterocycles. The summed E-state index contributed by atoms with van der Waals surface area (Å²) in [5.41, 5.74) is -4.18. The summed E-state index contributed by atoms with van der Waals surface area (Å²) in [6.45, 7) is -3.21. The van der Waals surface area contributed by atoms with Crippen LogP contribution < -0.4 is 5.32 Å². The molecule has 29 heavy (non-hydrogen) atoms. The van der Waals surface area contributed by atoms with Gasteiger partial charge in [0, 0.05) is 5.56 Å². The second-order valence-corrected chi connectivity index (χ2v) is 6.89. The first kappa shape index (κ1) is 19.5. The Bertz CT molecular complexity index is 1010. The fourth-order valence-electron chi connectivity index (χ4n) is 3.82. The van der Waals surface area contributed by atoms with Crippen molar-refractivity contribution in [3.8, 4) is 5.75 Å². The number of nitrogens with one attached hydrogen (secondary N) is 1. The lowest BCUT2D eigenvalue weighted by molar-refractivity contribution is -0.172. The predicted octanol–water partition coefficient (Wildman–Crippen LogP) is 3.59. The maximum Gasteiger partial charge on any atom is 0.323 e. The number of hydrogen-bond donors (Lipinski definition) is 2. The zero-order chi connectivity index (χ0) is 21.4. The van der Waals surface area contributed by atoms with Crippen molar-refractivity contribution >= 4 is 11.6 Å². The molecule has 2 aromatic carbocycles. The summed E-state index contributed by atoms with van der Waals surface area (Å²) in [7, 11) is 0. The zero-order valence-electron chi connectivity index (χ0n) is 14.2. The zero-order valence-corrected chi connectivity index (χ0v) is 14.2. The fourth-order valence-corrected chi connectivity index (χ4v) is 3.82. The maximum atomic E-state index is 14.3. The Kier molecular flexibility index (Phi) is 3.93. The minimum absolute atomic E-state index is 0.217.